The lowest BCUT2D eigenvalue weighted by atomic mass is 9.45. The third kappa shape index (κ3) is 1.97. The standard InChI is InChI=1S/C21H32O3/c1-12(22)23-18-7-6-14-13-4-5-16-19-17(24-19)9-11-20(16,2)15(13)8-10-21(14,18)3/h13-19H,4-11H2,1-3H3/t13-,14-,15-,16-,17-,18-,19+,20+,21-/m0/s1. The molecule has 3 nitrogen and oxygen atoms in total. The van der Waals surface area contributed by atoms with E-state index in [9.17, 15) is 4.79 Å². The number of fused-ring (bicyclic) bond motifs is 7. The highest BCUT2D eigenvalue weighted by molar-refractivity contribution is 5.66. The van der Waals surface area contributed by atoms with Crippen molar-refractivity contribution in [3.05, 3.63) is 0 Å². The van der Waals surface area contributed by atoms with Crippen molar-refractivity contribution < 1.29 is 14.3 Å². The number of rotatable bonds is 1. The monoisotopic (exact) mass is 332 g/mol. The molecular weight excluding hydrogens is 300 g/mol. The molecule has 9 atom stereocenters. The van der Waals surface area contributed by atoms with Gasteiger partial charge in [0.15, 0.2) is 0 Å². The van der Waals surface area contributed by atoms with Gasteiger partial charge in [0, 0.05) is 12.3 Å². The van der Waals surface area contributed by atoms with E-state index in [-0.39, 0.29) is 17.5 Å². The zero-order valence-corrected chi connectivity index (χ0v) is 15.4. The minimum Gasteiger partial charge on any atom is -0.462 e. The number of epoxide rings is 1. The first-order valence-electron chi connectivity index (χ1n) is 10.3. The summed E-state index contributed by atoms with van der Waals surface area (Å²) in [5.41, 5.74) is 0.727. The maximum Gasteiger partial charge on any atom is 0.302 e. The highest BCUT2D eigenvalue weighted by Crippen LogP contribution is 2.68. The first-order chi connectivity index (χ1) is 11.4. The normalized spacial score (nSPS) is 58.0. The van der Waals surface area contributed by atoms with Gasteiger partial charge in [-0.3, -0.25) is 4.79 Å². The summed E-state index contributed by atoms with van der Waals surface area (Å²) in [5, 5.41) is 0. The molecule has 0 spiro atoms. The fourth-order valence-corrected chi connectivity index (χ4v) is 7.94. The van der Waals surface area contributed by atoms with Crippen LogP contribution in [-0.4, -0.2) is 24.3 Å². The molecule has 4 aliphatic carbocycles. The molecule has 4 saturated carbocycles. The van der Waals surface area contributed by atoms with E-state index in [4.69, 9.17) is 9.47 Å². The van der Waals surface area contributed by atoms with Crippen LogP contribution in [0.2, 0.25) is 0 Å². The van der Waals surface area contributed by atoms with E-state index < -0.39 is 0 Å². The van der Waals surface area contributed by atoms with Crippen LogP contribution in [0.25, 0.3) is 0 Å². The smallest absolute Gasteiger partial charge is 0.302 e. The van der Waals surface area contributed by atoms with Crippen LogP contribution in [-0.2, 0) is 14.3 Å². The zero-order chi connectivity index (χ0) is 16.7. The van der Waals surface area contributed by atoms with Crippen molar-refractivity contribution >= 4 is 5.97 Å². The van der Waals surface area contributed by atoms with E-state index in [2.05, 4.69) is 13.8 Å². The van der Waals surface area contributed by atoms with Crippen molar-refractivity contribution in [3.8, 4) is 0 Å². The predicted molar refractivity (Wildman–Crippen MR) is 91.3 cm³/mol. The molecule has 0 bridgehead atoms. The van der Waals surface area contributed by atoms with Gasteiger partial charge in [-0.1, -0.05) is 13.8 Å². The molecule has 3 heteroatoms. The van der Waals surface area contributed by atoms with Crippen molar-refractivity contribution in [1.29, 1.82) is 0 Å². The topological polar surface area (TPSA) is 38.8 Å². The Labute approximate surface area is 145 Å². The fraction of sp³-hybridized carbons (Fsp3) is 0.952. The van der Waals surface area contributed by atoms with Crippen LogP contribution in [0.15, 0.2) is 0 Å². The summed E-state index contributed by atoms with van der Waals surface area (Å²) >= 11 is 0. The fourth-order valence-electron chi connectivity index (χ4n) is 7.94. The zero-order valence-electron chi connectivity index (χ0n) is 15.4. The Kier molecular flexibility index (Phi) is 3.26. The molecule has 5 rings (SSSR count). The summed E-state index contributed by atoms with van der Waals surface area (Å²) in [6.07, 6.45) is 11.7. The average molecular weight is 332 g/mol. The van der Waals surface area contributed by atoms with E-state index in [1.54, 1.807) is 6.92 Å². The van der Waals surface area contributed by atoms with Gasteiger partial charge >= 0.3 is 5.97 Å². The molecule has 0 aromatic heterocycles. The first kappa shape index (κ1) is 15.7. The SMILES string of the molecule is CC(=O)O[C@H]1CC[C@H]2[C@@H]3CC[C@H]4[C@H]5O[C@H]5CC[C@]4(C)[C@H]3CC[C@]12C. The van der Waals surface area contributed by atoms with Gasteiger partial charge in [0.05, 0.1) is 12.2 Å². The van der Waals surface area contributed by atoms with Gasteiger partial charge < -0.3 is 9.47 Å². The molecule has 1 aliphatic heterocycles. The number of hydrogen-bond donors (Lipinski definition) is 0. The Hall–Kier alpha value is -0.570. The second-order valence-corrected chi connectivity index (χ2v) is 9.96. The molecule has 0 aromatic rings. The van der Waals surface area contributed by atoms with Gasteiger partial charge in [0.2, 0.25) is 0 Å². The molecule has 0 radical (unpaired) electrons. The molecule has 1 heterocycles. The van der Waals surface area contributed by atoms with E-state index in [0.717, 1.165) is 30.1 Å². The van der Waals surface area contributed by atoms with Crippen LogP contribution in [0, 0.1) is 34.5 Å². The molecule has 0 aromatic carbocycles. The van der Waals surface area contributed by atoms with Crippen molar-refractivity contribution in [3.63, 3.8) is 0 Å². The Morgan fingerprint density at radius 3 is 2.42 bits per heavy atom. The Bertz CT molecular complexity index is 559. The van der Waals surface area contributed by atoms with Gasteiger partial charge in [-0.25, -0.2) is 0 Å². The van der Waals surface area contributed by atoms with Crippen LogP contribution >= 0.6 is 0 Å². The van der Waals surface area contributed by atoms with Crippen molar-refractivity contribution in [2.75, 3.05) is 0 Å². The van der Waals surface area contributed by atoms with Crippen molar-refractivity contribution in [2.24, 2.45) is 34.5 Å². The Morgan fingerprint density at radius 2 is 1.62 bits per heavy atom. The van der Waals surface area contributed by atoms with Crippen molar-refractivity contribution in [2.45, 2.75) is 90.4 Å². The molecule has 1 saturated heterocycles. The number of hydrogen-bond acceptors (Lipinski definition) is 3. The van der Waals surface area contributed by atoms with Gasteiger partial charge in [0.25, 0.3) is 0 Å². The molecule has 5 fully saturated rings. The molecule has 134 valence electrons. The summed E-state index contributed by atoms with van der Waals surface area (Å²) in [5.74, 6) is 3.20. The summed E-state index contributed by atoms with van der Waals surface area (Å²) in [6.45, 7) is 6.58. The number of ether oxygens (including phenoxy) is 2. The van der Waals surface area contributed by atoms with Gasteiger partial charge in [-0.2, -0.15) is 0 Å². The van der Waals surface area contributed by atoms with Gasteiger partial charge in [0.1, 0.15) is 6.10 Å². The maximum atomic E-state index is 11.5. The quantitative estimate of drug-likeness (QED) is 0.530. The lowest BCUT2D eigenvalue weighted by Gasteiger charge is -2.59. The lowest BCUT2D eigenvalue weighted by molar-refractivity contribution is -0.160. The van der Waals surface area contributed by atoms with Crippen LogP contribution < -0.4 is 0 Å². The molecule has 0 N–H and O–H groups in total. The minimum absolute atomic E-state index is 0.0936. The van der Waals surface area contributed by atoms with Crippen LogP contribution in [0.4, 0.5) is 0 Å². The summed E-state index contributed by atoms with van der Waals surface area (Å²) < 4.78 is 11.8. The van der Waals surface area contributed by atoms with Crippen LogP contribution in [0.1, 0.15) is 72.1 Å². The van der Waals surface area contributed by atoms with E-state index in [1.807, 2.05) is 0 Å². The number of carbonyl (C=O) groups is 1. The largest absolute Gasteiger partial charge is 0.462 e. The second kappa shape index (κ2) is 4.99. The molecule has 5 aliphatic rings. The predicted octanol–water partition coefficient (Wildman–Crippen LogP) is 4.34. The molecule has 0 amide bonds. The summed E-state index contributed by atoms with van der Waals surface area (Å²) in [6, 6.07) is 0. The number of carbonyl (C=O) groups excluding carboxylic acids is 1. The molecule has 0 unspecified atom stereocenters. The van der Waals surface area contributed by atoms with E-state index in [1.165, 1.54) is 44.9 Å². The highest BCUT2D eigenvalue weighted by atomic mass is 16.6. The van der Waals surface area contributed by atoms with Gasteiger partial charge in [-0.05, 0) is 80.5 Å². The second-order valence-electron chi connectivity index (χ2n) is 9.96. The van der Waals surface area contributed by atoms with E-state index >= 15 is 0 Å². The Balaban J connectivity index is 1.42. The third-order valence-electron chi connectivity index (χ3n) is 9.15. The third-order valence-corrected chi connectivity index (χ3v) is 9.15. The van der Waals surface area contributed by atoms with E-state index in [0.29, 0.717) is 17.6 Å². The minimum atomic E-state index is -0.0936. The average Bonchev–Trinajstić information content (AvgIpc) is 3.24. The summed E-state index contributed by atoms with van der Waals surface area (Å²) in [4.78, 5) is 11.5. The van der Waals surface area contributed by atoms with Crippen LogP contribution in [0.5, 0.6) is 0 Å². The lowest BCUT2D eigenvalue weighted by Crippen LogP contribution is -2.55. The van der Waals surface area contributed by atoms with Crippen LogP contribution in [0.3, 0.4) is 0 Å². The highest BCUT2D eigenvalue weighted by Gasteiger charge is 2.65. The Morgan fingerprint density at radius 1 is 0.917 bits per heavy atom. The summed E-state index contributed by atoms with van der Waals surface area (Å²) in [7, 11) is 0. The van der Waals surface area contributed by atoms with Crippen molar-refractivity contribution in [1.82, 2.24) is 0 Å². The molecular formula is C21H32O3. The maximum absolute atomic E-state index is 11.5. The van der Waals surface area contributed by atoms with Gasteiger partial charge in [-0.15, -0.1) is 0 Å². The molecule has 24 heavy (non-hydrogen) atoms. The first-order valence-corrected chi connectivity index (χ1v) is 10.3. The number of esters is 1.